The van der Waals surface area contributed by atoms with Crippen LogP contribution in [0.2, 0.25) is 0 Å². The van der Waals surface area contributed by atoms with Gasteiger partial charge in [0, 0.05) is 5.56 Å². The number of rotatable bonds is 3. The van der Waals surface area contributed by atoms with Crippen LogP contribution in [0.15, 0.2) is 54.6 Å². The van der Waals surface area contributed by atoms with E-state index in [1.54, 1.807) is 0 Å². The molecule has 0 radical (unpaired) electrons. The van der Waals surface area contributed by atoms with Crippen molar-refractivity contribution in [2.45, 2.75) is 13.8 Å². The molecule has 1 nitrogen and oxygen atoms in total. The summed E-state index contributed by atoms with van der Waals surface area (Å²) in [6.07, 6.45) is 0.826. The molecule has 0 aliphatic carbocycles. The highest BCUT2D eigenvalue weighted by Gasteiger charge is 2.04. The van der Waals surface area contributed by atoms with Crippen LogP contribution in [0.3, 0.4) is 0 Å². The first kappa shape index (κ1) is 12.7. The molecule has 2 rings (SSSR count). The second-order valence-corrected chi connectivity index (χ2v) is 4.57. The van der Waals surface area contributed by atoms with Crippen molar-refractivity contribution in [2.24, 2.45) is 0 Å². The van der Waals surface area contributed by atoms with Gasteiger partial charge in [0.2, 0.25) is 0 Å². The van der Waals surface area contributed by atoms with E-state index in [-0.39, 0.29) is 0 Å². The zero-order valence-corrected chi connectivity index (χ0v) is 11.2. The van der Waals surface area contributed by atoms with Crippen molar-refractivity contribution < 1.29 is 4.42 Å². The minimum absolute atomic E-state index is 0.412. The van der Waals surface area contributed by atoms with Crippen molar-refractivity contribution in [2.75, 3.05) is 0 Å². The first-order valence-corrected chi connectivity index (χ1v) is 6.21. The Morgan fingerprint density at radius 3 is 2.00 bits per heavy atom. The molecule has 0 bridgehead atoms. The Kier molecular flexibility index (Phi) is 4.06. The fraction of sp³-hybridized carbons (Fsp3) is 0.125. The van der Waals surface area contributed by atoms with Gasteiger partial charge in [-0.05, 0) is 25.0 Å². The second-order valence-electron chi connectivity index (χ2n) is 4.23. The maximum absolute atomic E-state index is 6.07. The van der Waals surface area contributed by atoms with Gasteiger partial charge in [0.1, 0.15) is 0 Å². The molecule has 2 aromatic carbocycles. The fourth-order valence-electron chi connectivity index (χ4n) is 1.66. The van der Waals surface area contributed by atoms with Crippen molar-refractivity contribution in [3.63, 3.8) is 0 Å². The highest BCUT2D eigenvalue weighted by molar-refractivity contribution is 6.67. The van der Waals surface area contributed by atoms with Gasteiger partial charge >= 0.3 is 0 Å². The molecule has 0 aromatic heterocycles. The minimum atomic E-state index is 0.412. The fourth-order valence-corrected chi connectivity index (χ4v) is 1.94. The van der Waals surface area contributed by atoms with Gasteiger partial charge in [0.25, 0.3) is 5.24 Å². The van der Waals surface area contributed by atoms with Gasteiger partial charge in [-0.2, -0.15) is 0 Å². The highest BCUT2D eigenvalue weighted by Crippen LogP contribution is 2.20. The largest absolute Gasteiger partial charge is 0.378 e. The Hall–Kier alpha value is -1.73. The summed E-state index contributed by atoms with van der Waals surface area (Å²) in [5.74, 6) is 0. The Morgan fingerprint density at radius 1 is 0.889 bits per heavy atom. The van der Waals surface area contributed by atoms with Gasteiger partial charge in [-0.1, -0.05) is 66.2 Å². The molecular weight excluding hydrogens is 244 g/mol. The van der Waals surface area contributed by atoms with E-state index < -0.39 is 0 Å². The van der Waals surface area contributed by atoms with Crippen LogP contribution in [0.5, 0.6) is 0 Å². The zero-order chi connectivity index (χ0) is 13.0. The van der Waals surface area contributed by atoms with Crippen LogP contribution in [-0.4, -0.2) is 5.24 Å². The summed E-state index contributed by atoms with van der Waals surface area (Å²) in [5.41, 5.74) is 3.25. The molecule has 0 aliphatic rings. The lowest BCUT2D eigenvalue weighted by atomic mass is 10.0. The van der Waals surface area contributed by atoms with Crippen molar-refractivity contribution in [1.82, 2.24) is 0 Å². The maximum Gasteiger partial charge on any atom is 0.274 e. The van der Waals surface area contributed by atoms with Crippen LogP contribution in [0, 0.1) is 6.10 Å². The minimum Gasteiger partial charge on any atom is -0.378 e. The maximum atomic E-state index is 6.07. The average Bonchev–Trinajstić information content (AvgIpc) is 2.39. The number of hydrogen-bond acceptors (Lipinski definition) is 0. The lowest BCUT2D eigenvalue weighted by molar-refractivity contribution is -0.245. The first-order valence-electron chi connectivity index (χ1n) is 5.83. The number of carbonyl (C=O) groups excluding carboxylic acids is 1. The SMILES string of the molecule is C[C-](C)[O+]=C(Cl)c1ccc(-c2ccccc2)cc1. The van der Waals surface area contributed by atoms with Crippen LogP contribution >= 0.6 is 11.6 Å². The van der Waals surface area contributed by atoms with E-state index in [9.17, 15) is 0 Å². The molecule has 0 spiro atoms. The number of halogens is 1. The predicted molar refractivity (Wildman–Crippen MR) is 76.7 cm³/mol. The standard InChI is InChI=1S/C16H15ClO/c1-12(2)18-16(17)15-10-8-14(9-11-15)13-6-4-3-5-7-13/h3-11H,1-2H3. The van der Waals surface area contributed by atoms with Crippen LogP contribution < -0.4 is 0 Å². The van der Waals surface area contributed by atoms with E-state index in [1.807, 2.05) is 56.3 Å². The van der Waals surface area contributed by atoms with Crippen molar-refractivity contribution in [3.8, 4) is 11.1 Å². The van der Waals surface area contributed by atoms with Gasteiger partial charge in [-0.3, -0.25) is 0 Å². The van der Waals surface area contributed by atoms with E-state index in [4.69, 9.17) is 16.0 Å². The number of benzene rings is 2. The van der Waals surface area contributed by atoms with Crippen LogP contribution in [0.25, 0.3) is 11.1 Å². The first-order chi connectivity index (χ1) is 8.66. The average molecular weight is 259 g/mol. The van der Waals surface area contributed by atoms with Gasteiger partial charge in [-0.25, -0.2) is 0 Å². The van der Waals surface area contributed by atoms with Crippen LogP contribution in [0.1, 0.15) is 23.8 Å². The van der Waals surface area contributed by atoms with E-state index in [0.29, 0.717) is 5.24 Å². The molecule has 0 fully saturated rings. The van der Waals surface area contributed by atoms with E-state index >= 15 is 0 Å². The Morgan fingerprint density at radius 2 is 1.44 bits per heavy atom. The normalized spacial score (nSPS) is 11.4. The van der Waals surface area contributed by atoms with Crippen LogP contribution in [-0.2, 0) is 0 Å². The molecule has 92 valence electrons. The predicted octanol–water partition coefficient (Wildman–Crippen LogP) is 4.84. The topological polar surface area (TPSA) is 11.3 Å². The summed E-state index contributed by atoms with van der Waals surface area (Å²) in [6.45, 7) is 3.75. The van der Waals surface area contributed by atoms with Gasteiger partial charge in [-0.15, -0.1) is 0 Å². The lowest BCUT2D eigenvalue weighted by Crippen LogP contribution is -1.94. The third kappa shape index (κ3) is 3.14. The summed E-state index contributed by atoms with van der Waals surface area (Å²) < 4.78 is 5.38. The molecule has 0 heterocycles. The van der Waals surface area contributed by atoms with Crippen molar-refractivity contribution in [3.05, 3.63) is 66.3 Å². The molecule has 2 heteroatoms. The summed E-state index contributed by atoms with van der Waals surface area (Å²) in [5, 5.41) is 0.412. The molecule has 18 heavy (non-hydrogen) atoms. The van der Waals surface area contributed by atoms with E-state index in [2.05, 4.69) is 12.1 Å². The van der Waals surface area contributed by atoms with Gasteiger partial charge < -0.3 is 4.42 Å². The molecule has 0 aliphatic heterocycles. The number of hydrogen-bond donors (Lipinski definition) is 0. The van der Waals surface area contributed by atoms with Crippen LogP contribution in [0.4, 0.5) is 0 Å². The van der Waals surface area contributed by atoms with Gasteiger partial charge in [0.15, 0.2) is 6.10 Å². The Balaban J connectivity index is 2.26. The summed E-state index contributed by atoms with van der Waals surface area (Å²) in [6, 6.07) is 18.3. The molecule has 0 N–H and O–H groups in total. The smallest absolute Gasteiger partial charge is 0.274 e. The Bertz CT molecular complexity index is 527. The van der Waals surface area contributed by atoms with Crippen molar-refractivity contribution in [1.29, 1.82) is 0 Å². The molecule has 0 saturated heterocycles. The molecule has 2 aromatic rings. The Labute approximate surface area is 113 Å². The van der Waals surface area contributed by atoms with E-state index in [0.717, 1.165) is 11.7 Å². The summed E-state index contributed by atoms with van der Waals surface area (Å²) >= 11 is 6.07. The second kappa shape index (κ2) is 5.74. The molecule has 0 atom stereocenters. The third-order valence-corrected chi connectivity index (χ3v) is 2.81. The quantitative estimate of drug-likeness (QED) is 0.424. The highest BCUT2D eigenvalue weighted by atomic mass is 35.5. The lowest BCUT2D eigenvalue weighted by Gasteiger charge is -2.03. The van der Waals surface area contributed by atoms with E-state index in [1.165, 1.54) is 11.1 Å². The summed E-state index contributed by atoms with van der Waals surface area (Å²) in [7, 11) is 0. The summed E-state index contributed by atoms with van der Waals surface area (Å²) in [4.78, 5) is 0. The zero-order valence-electron chi connectivity index (χ0n) is 10.5. The molecule has 0 saturated carbocycles. The molecular formula is C16H15ClO. The third-order valence-electron chi connectivity index (χ3n) is 2.51. The monoisotopic (exact) mass is 258 g/mol. The molecule has 0 unspecified atom stereocenters. The van der Waals surface area contributed by atoms with Crippen molar-refractivity contribution >= 4 is 16.8 Å². The van der Waals surface area contributed by atoms with Gasteiger partial charge in [0.05, 0.1) is 0 Å². The molecule has 0 amide bonds.